The standard InChI is InChI=1S/C45H49FN8O5/c1-27-3-6-36(42-40(27)30(24-47)25-48-42)53-15-11-29(12-16-53)33-5-4-31(22-35(33)46)51-13-9-28(10-14-51)26-50-17-19-52(20-18-50)32-21-34-41(38(23-32)59-2)45(58)54(44(34)57)37-7-8-39(55)49-43(37)56/h3-6,21-23,25,28-29,37,48H,7-20,26H2,1-2H3,(H,49,55,56). The molecule has 5 aliphatic heterocycles. The van der Waals surface area contributed by atoms with Gasteiger partial charge < -0.3 is 24.4 Å². The number of nitrogens with one attached hydrogen (secondary N) is 2. The average molecular weight is 801 g/mol. The molecule has 2 N–H and O–H groups in total. The number of ether oxygens (including phenoxy) is 1. The molecule has 5 aliphatic rings. The quantitative estimate of drug-likeness (QED) is 0.225. The number of carbonyl (C=O) groups excluding carboxylic acids is 4. The van der Waals surface area contributed by atoms with E-state index in [4.69, 9.17) is 4.74 Å². The minimum Gasteiger partial charge on any atom is -0.496 e. The second-order valence-electron chi connectivity index (χ2n) is 16.7. The number of carbonyl (C=O) groups is 4. The van der Waals surface area contributed by atoms with Gasteiger partial charge in [-0.1, -0.05) is 12.1 Å². The number of aryl methyl sites for hydroxylation is 1. The average Bonchev–Trinajstić information content (AvgIpc) is 3.80. The number of methoxy groups -OCH3 is 1. The third-order valence-corrected chi connectivity index (χ3v) is 13.3. The molecule has 0 saturated carbocycles. The number of amides is 4. The van der Waals surface area contributed by atoms with E-state index in [0.29, 0.717) is 17.2 Å². The molecule has 4 amide bonds. The summed E-state index contributed by atoms with van der Waals surface area (Å²) in [6.45, 7) is 9.64. The molecule has 4 aromatic rings. The number of piperazine rings is 1. The molecule has 4 fully saturated rings. The van der Waals surface area contributed by atoms with Gasteiger partial charge in [-0.2, -0.15) is 5.26 Å². The minimum absolute atomic E-state index is 0.0617. The summed E-state index contributed by atoms with van der Waals surface area (Å²) in [6, 6.07) is 14.8. The smallest absolute Gasteiger partial charge is 0.266 e. The molecule has 14 heteroatoms. The molecule has 3 aromatic carbocycles. The van der Waals surface area contributed by atoms with E-state index in [9.17, 15) is 24.4 Å². The molecule has 0 radical (unpaired) electrons. The summed E-state index contributed by atoms with van der Waals surface area (Å²) in [5.41, 5.74) is 6.75. The zero-order valence-electron chi connectivity index (χ0n) is 33.6. The maximum atomic E-state index is 15.8. The lowest BCUT2D eigenvalue weighted by Crippen LogP contribution is -2.54. The van der Waals surface area contributed by atoms with Crippen LogP contribution >= 0.6 is 0 Å². The van der Waals surface area contributed by atoms with Gasteiger partial charge in [0.1, 0.15) is 23.7 Å². The highest BCUT2D eigenvalue weighted by Gasteiger charge is 2.46. The van der Waals surface area contributed by atoms with Crippen LogP contribution < -0.4 is 24.8 Å². The first-order chi connectivity index (χ1) is 28.6. The zero-order chi connectivity index (χ0) is 40.9. The van der Waals surface area contributed by atoms with Gasteiger partial charge in [-0.25, -0.2) is 4.39 Å². The Kier molecular flexibility index (Phi) is 10.2. The number of hydrogen-bond donors (Lipinski definition) is 2. The summed E-state index contributed by atoms with van der Waals surface area (Å²) < 4.78 is 21.4. The number of fused-ring (bicyclic) bond motifs is 2. The summed E-state index contributed by atoms with van der Waals surface area (Å²) in [7, 11) is 1.47. The van der Waals surface area contributed by atoms with Crippen molar-refractivity contribution < 1.29 is 28.3 Å². The van der Waals surface area contributed by atoms with Crippen molar-refractivity contribution in [2.45, 2.75) is 57.4 Å². The predicted molar refractivity (Wildman–Crippen MR) is 222 cm³/mol. The van der Waals surface area contributed by atoms with Crippen molar-refractivity contribution >= 4 is 51.6 Å². The number of hydrogen-bond acceptors (Lipinski definition) is 10. The molecule has 306 valence electrons. The van der Waals surface area contributed by atoms with Crippen LogP contribution in [0.4, 0.5) is 21.5 Å². The van der Waals surface area contributed by atoms with E-state index >= 15 is 4.39 Å². The van der Waals surface area contributed by atoms with Crippen molar-refractivity contribution in [1.29, 1.82) is 5.26 Å². The number of imide groups is 2. The van der Waals surface area contributed by atoms with Crippen LogP contribution in [0.1, 0.15) is 81.8 Å². The predicted octanol–water partition coefficient (Wildman–Crippen LogP) is 5.32. The van der Waals surface area contributed by atoms with Gasteiger partial charge in [-0.05, 0) is 86.3 Å². The minimum atomic E-state index is -1.03. The summed E-state index contributed by atoms with van der Waals surface area (Å²) in [5, 5.41) is 12.8. The van der Waals surface area contributed by atoms with Crippen molar-refractivity contribution in [1.82, 2.24) is 20.1 Å². The van der Waals surface area contributed by atoms with Crippen molar-refractivity contribution in [2.75, 3.05) is 80.7 Å². The van der Waals surface area contributed by atoms with Crippen molar-refractivity contribution in [2.24, 2.45) is 5.92 Å². The fourth-order valence-electron chi connectivity index (χ4n) is 10.0. The maximum Gasteiger partial charge on any atom is 0.266 e. The molecule has 1 unspecified atom stereocenters. The van der Waals surface area contributed by atoms with Gasteiger partial charge in [0, 0.05) is 94.3 Å². The van der Waals surface area contributed by atoms with Gasteiger partial charge in [-0.3, -0.25) is 34.3 Å². The molecule has 1 atom stereocenters. The summed E-state index contributed by atoms with van der Waals surface area (Å²) in [6.07, 6.45) is 5.74. The second-order valence-corrected chi connectivity index (χ2v) is 16.7. The van der Waals surface area contributed by atoms with Crippen molar-refractivity contribution in [3.05, 3.63) is 82.3 Å². The molecule has 9 rings (SSSR count). The number of benzene rings is 3. The number of nitrogens with zero attached hydrogens (tertiary/aromatic N) is 6. The maximum absolute atomic E-state index is 15.8. The highest BCUT2D eigenvalue weighted by atomic mass is 19.1. The van der Waals surface area contributed by atoms with Crippen LogP contribution in [0.2, 0.25) is 0 Å². The lowest BCUT2D eigenvalue weighted by Gasteiger charge is -2.40. The molecule has 13 nitrogen and oxygen atoms in total. The molecule has 0 spiro atoms. The van der Waals surface area contributed by atoms with Crippen LogP contribution in [-0.4, -0.2) is 110 Å². The normalized spacial score (nSPS) is 21.0. The van der Waals surface area contributed by atoms with Crippen LogP contribution in [0.25, 0.3) is 10.9 Å². The van der Waals surface area contributed by atoms with Gasteiger partial charge in [-0.15, -0.1) is 0 Å². The number of aromatic nitrogens is 1. The Balaban J connectivity index is 0.761. The zero-order valence-corrected chi connectivity index (χ0v) is 33.6. The van der Waals surface area contributed by atoms with E-state index < -0.39 is 29.7 Å². The van der Waals surface area contributed by atoms with Gasteiger partial charge in [0.15, 0.2) is 0 Å². The Labute approximate surface area is 342 Å². The highest BCUT2D eigenvalue weighted by molar-refractivity contribution is 6.25. The molecule has 0 aliphatic carbocycles. The van der Waals surface area contributed by atoms with E-state index in [0.717, 1.165) is 129 Å². The Morgan fingerprint density at radius 1 is 0.831 bits per heavy atom. The van der Waals surface area contributed by atoms with Gasteiger partial charge in [0.05, 0.1) is 35.0 Å². The van der Waals surface area contributed by atoms with E-state index in [-0.39, 0.29) is 35.7 Å². The fraction of sp³-hybridized carbons (Fsp3) is 0.444. The first-order valence-electron chi connectivity index (χ1n) is 20.8. The first kappa shape index (κ1) is 38.6. The van der Waals surface area contributed by atoms with Crippen LogP contribution in [0, 0.1) is 30.0 Å². The van der Waals surface area contributed by atoms with E-state index in [1.165, 1.54) is 7.11 Å². The topological polar surface area (TPSA) is 145 Å². The monoisotopic (exact) mass is 800 g/mol. The fourth-order valence-corrected chi connectivity index (χ4v) is 10.0. The van der Waals surface area contributed by atoms with Crippen LogP contribution in [-0.2, 0) is 9.59 Å². The molecule has 59 heavy (non-hydrogen) atoms. The number of H-pyrrole nitrogens is 1. The third-order valence-electron chi connectivity index (χ3n) is 13.3. The Bertz CT molecular complexity index is 2380. The van der Waals surface area contributed by atoms with E-state index in [2.05, 4.69) is 54.2 Å². The van der Waals surface area contributed by atoms with Gasteiger partial charge in [0.25, 0.3) is 11.8 Å². The molecule has 4 saturated heterocycles. The van der Waals surface area contributed by atoms with Crippen LogP contribution in [0.3, 0.4) is 0 Å². The molecule has 6 heterocycles. The Morgan fingerprint density at radius 3 is 2.25 bits per heavy atom. The molecule has 1 aromatic heterocycles. The molecule has 0 bridgehead atoms. The van der Waals surface area contributed by atoms with Gasteiger partial charge >= 0.3 is 0 Å². The van der Waals surface area contributed by atoms with E-state index in [1.54, 1.807) is 24.4 Å². The lowest BCUT2D eigenvalue weighted by atomic mass is 9.88. The van der Waals surface area contributed by atoms with Crippen molar-refractivity contribution in [3.63, 3.8) is 0 Å². The highest BCUT2D eigenvalue weighted by Crippen LogP contribution is 2.39. The second kappa shape index (κ2) is 15.7. The Hall–Kier alpha value is -5.94. The molecular formula is C45H49FN8O5. The Morgan fingerprint density at radius 2 is 1.56 bits per heavy atom. The van der Waals surface area contributed by atoms with Crippen LogP contribution in [0.15, 0.2) is 48.7 Å². The van der Waals surface area contributed by atoms with Gasteiger partial charge in [0.2, 0.25) is 11.8 Å². The number of nitriles is 1. The lowest BCUT2D eigenvalue weighted by molar-refractivity contribution is -0.136. The van der Waals surface area contributed by atoms with E-state index in [1.807, 2.05) is 13.0 Å². The number of anilines is 3. The van der Waals surface area contributed by atoms with Crippen LogP contribution in [0.5, 0.6) is 5.75 Å². The summed E-state index contributed by atoms with van der Waals surface area (Å²) in [5.74, 6) is -1.30. The largest absolute Gasteiger partial charge is 0.496 e. The summed E-state index contributed by atoms with van der Waals surface area (Å²) >= 11 is 0. The number of rotatable bonds is 8. The number of halogens is 1. The SMILES string of the molecule is COc1cc(N2CCN(CC3CCN(c4ccc(C5CCN(c6ccc(C)c7c(C#N)c[nH]c67)CC5)c(F)c4)CC3)CC2)cc2c1C(=O)N(C1CCC(=O)NC1=O)C2=O. The van der Waals surface area contributed by atoms with Crippen molar-refractivity contribution in [3.8, 4) is 11.8 Å². The first-order valence-corrected chi connectivity index (χ1v) is 20.8. The number of piperidine rings is 3. The number of aromatic amines is 1. The summed E-state index contributed by atoms with van der Waals surface area (Å²) in [4.78, 5) is 64.9. The third kappa shape index (κ3) is 7.05. The molecular weight excluding hydrogens is 752 g/mol.